The summed E-state index contributed by atoms with van der Waals surface area (Å²) in [7, 11) is -3.80. The van der Waals surface area contributed by atoms with Crippen LogP contribution in [0.5, 0.6) is 5.75 Å². The topological polar surface area (TPSA) is 75.6 Å². The minimum absolute atomic E-state index is 0.0755. The molecule has 1 aliphatic heterocycles. The van der Waals surface area contributed by atoms with Crippen LogP contribution in [0.1, 0.15) is 25.6 Å². The molecular weight excluding hydrogens is 417 g/mol. The molecule has 0 radical (unpaired) electrons. The number of rotatable bonds is 5. The number of ether oxygens (including phenoxy) is 1. The Hall–Kier alpha value is -1.92. The van der Waals surface area contributed by atoms with Crippen LogP contribution >= 0.6 is 11.5 Å². The standard InChI is InChI=1S/C16H19F3N4O3S2/c1-11(2)14-20-15(27-21-14)22-7-9-23(10-8-22)28(24,25)13-5-3-12(4-6-13)26-16(17,18)19/h3-6,11H,7-10H2,1-2H3. The molecule has 0 amide bonds. The summed E-state index contributed by atoms with van der Waals surface area (Å²) in [4.78, 5) is 6.38. The second-order valence-electron chi connectivity index (χ2n) is 6.50. The van der Waals surface area contributed by atoms with Gasteiger partial charge in [0.15, 0.2) is 0 Å². The van der Waals surface area contributed by atoms with Crippen molar-refractivity contribution >= 4 is 26.7 Å². The van der Waals surface area contributed by atoms with Gasteiger partial charge in [-0.25, -0.2) is 13.4 Å². The Morgan fingerprint density at radius 2 is 1.71 bits per heavy atom. The molecule has 0 aliphatic carbocycles. The second kappa shape index (κ2) is 7.84. The van der Waals surface area contributed by atoms with Crippen molar-refractivity contribution in [2.75, 3.05) is 31.1 Å². The predicted octanol–water partition coefficient (Wildman–Crippen LogP) is 3.07. The average Bonchev–Trinajstić information content (AvgIpc) is 3.11. The fraction of sp³-hybridized carbons (Fsp3) is 0.500. The Balaban J connectivity index is 1.65. The fourth-order valence-electron chi connectivity index (χ4n) is 2.67. The van der Waals surface area contributed by atoms with Crippen molar-refractivity contribution in [1.82, 2.24) is 13.7 Å². The molecule has 0 unspecified atom stereocenters. The van der Waals surface area contributed by atoms with Crippen LogP contribution in [0.3, 0.4) is 0 Å². The van der Waals surface area contributed by atoms with Gasteiger partial charge in [0.25, 0.3) is 0 Å². The monoisotopic (exact) mass is 436 g/mol. The largest absolute Gasteiger partial charge is 0.573 e. The van der Waals surface area contributed by atoms with E-state index < -0.39 is 22.1 Å². The number of aromatic nitrogens is 2. The van der Waals surface area contributed by atoms with Crippen molar-refractivity contribution in [2.45, 2.75) is 31.0 Å². The Kier molecular flexibility index (Phi) is 5.82. The van der Waals surface area contributed by atoms with E-state index in [1.54, 1.807) is 0 Å². The van der Waals surface area contributed by atoms with Crippen LogP contribution in [0.15, 0.2) is 29.2 Å². The third kappa shape index (κ3) is 4.73. The molecule has 0 N–H and O–H groups in total. The molecule has 1 fully saturated rings. The van der Waals surface area contributed by atoms with Gasteiger partial charge in [0.2, 0.25) is 15.2 Å². The van der Waals surface area contributed by atoms with Gasteiger partial charge in [-0.15, -0.1) is 13.2 Å². The molecular formula is C16H19F3N4O3S2. The molecule has 0 spiro atoms. The van der Waals surface area contributed by atoms with Crippen molar-refractivity contribution in [3.8, 4) is 5.75 Å². The molecule has 154 valence electrons. The third-order valence-electron chi connectivity index (χ3n) is 4.15. The number of hydrogen-bond acceptors (Lipinski definition) is 7. The number of piperazine rings is 1. The van der Waals surface area contributed by atoms with Crippen LogP contribution < -0.4 is 9.64 Å². The molecule has 3 rings (SSSR count). The van der Waals surface area contributed by atoms with E-state index in [1.165, 1.54) is 15.8 Å². The molecule has 2 heterocycles. The summed E-state index contributed by atoms with van der Waals surface area (Å²) >= 11 is 1.29. The maximum Gasteiger partial charge on any atom is 0.573 e. The van der Waals surface area contributed by atoms with Crippen molar-refractivity contribution in [1.29, 1.82) is 0 Å². The van der Waals surface area contributed by atoms with Gasteiger partial charge in [-0.1, -0.05) is 13.8 Å². The van der Waals surface area contributed by atoms with Gasteiger partial charge in [-0.2, -0.15) is 8.68 Å². The zero-order valence-electron chi connectivity index (χ0n) is 15.2. The van der Waals surface area contributed by atoms with E-state index in [0.717, 1.165) is 35.2 Å². The Labute approximate surface area is 165 Å². The summed E-state index contributed by atoms with van der Waals surface area (Å²) in [5.74, 6) is 0.515. The van der Waals surface area contributed by atoms with Crippen LogP contribution in [-0.4, -0.2) is 54.6 Å². The van der Waals surface area contributed by atoms with Crippen molar-refractivity contribution in [2.24, 2.45) is 0 Å². The number of benzene rings is 1. The van der Waals surface area contributed by atoms with Crippen LogP contribution in [0, 0.1) is 0 Å². The third-order valence-corrected chi connectivity index (χ3v) is 6.86. The number of sulfonamides is 1. The molecule has 1 aromatic carbocycles. The van der Waals surface area contributed by atoms with E-state index >= 15 is 0 Å². The van der Waals surface area contributed by atoms with Crippen molar-refractivity contribution in [3.63, 3.8) is 0 Å². The smallest absolute Gasteiger partial charge is 0.406 e. The van der Waals surface area contributed by atoms with Gasteiger partial charge in [-0.05, 0) is 24.3 Å². The summed E-state index contributed by atoms with van der Waals surface area (Å²) in [6, 6.07) is 4.21. The first-order valence-corrected chi connectivity index (χ1v) is 10.7. The molecule has 0 atom stereocenters. The van der Waals surface area contributed by atoms with E-state index in [0.29, 0.717) is 13.1 Å². The fourth-order valence-corrected chi connectivity index (χ4v) is 4.95. The first-order valence-electron chi connectivity index (χ1n) is 8.51. The zero-order valence-corrected chi connectivity index (χ0v) is 16.8. The number of hydrogen-bond donors (Lipinski definition) is 0. The van der Waals surface area contributed by atoms with E-state index in [1.807, 2.05) is 18.7 Å². The summed E-state index contributed by atoms with van der Waals surface area (Å²) in [5, 5.41) is 0.759. The van der Waals surface area contributed by atoms with Crippen LogP contribution in [0.25, 0.3) is 0 Å². The molecule has 0 saturated carbocycles. The van der Waals surface area contributed by atoms with Gasteiger partial charge in [0, 0.05) is 43.6 Å². The Bertz CT molecular complexity index is 906. The van der Waals surface area contributed by atoms with Gasteiger partial charge in [0.1, 0.15) is 11.6 Å². The van der Waals surface area contributed by atoms with Crippen LogP contribution in [-0.2, 0) is 10.0 Å². The lowest BCUT2D eigenvalue weighted by Gasteiger charge is -2.33. The highest BCUT2D eigenvalue weighted by Gasteiger charge is 2.32. The molecule has 2 aromatic rings. The summed E-state index contributed by atoms with van der Waals surface area (Å²) < 4.78 is 71.5. The minimum Gasteiger partial charge on any atom is -0.406 e. The van der Waals surface area contributed by atoms with Gasteiger partial charge >= 0.3 is 6.36 Å². The summed E-state index contributed by atoms with van der Waals surface area (Å²) in [6.07, 6.45) is -4.82. The average molecular weight is 436 g/mol. The number of anilines is 1. The van der Waals surface area contributed by atoms with Crippen LogP contribution in [0.2, 0.25) is 0 Å². The highest BCUT2D eigenvalue weighted by molar-refractivity contribution is 7.89. The Morgan fingerprint density at radius 1 is 1.11 bits per heavy atom. The number of nitrogens with zero attached hydrogens (tertiary/aromatic N) is 4. The summed E-state index contributed by atoms with van der Waals surface area (Å²) in [5.41, 5.74) is 0. The van der Waals surface area contributed by atoms with Crippen LogP contribution in [0.4, 0.5) is 18.3 Å². The van der Waals surface area contributed by atoms with E-state index in [9.17, 15) is 21.6 Å². The first kappa shape index (κ1) is 20.8. The van der Waals surface area contributed by atoms with Gasteiger partial charge in [-0.3, -0.25) is 0 Å². The second-order valence-corrected chi connectivity index (χ2v) is 9.17. The first-order chi connectivity index (χ1) is 13.1. The normalized spacial score (nSPS) is 16.6. The van der Waals surface area contributed by atoms with E-state index in [2.05, 4.69) is 14.1 Å². The lowest BCUT2D eigenvalue weighted by atomic mass is 10.2. The van der Waals surface area contributed by atoms with E-state index in [4.69, 9.17) is 0 Å². The molecule has 28 heavy (non-hydrogen) atoms. The molecule has 1 aromatic heterocycles. The van der Waals surface area contributed by atoms with Gasteiger partial charge < -0.3 is 9.64 Å². The van der Waals surface area contributed by atoms with Gasteiger partial charge in [0.05, 0.1) is 4.90 Å². The molecule has 12 heteroatoms. The minimum atomic E-state index is -4.82. The van der Waals surface area contributed by atoms with Crippen molar-refractivity contribution < 1.29 is 26.3 Å². The maximum atomic E-state index is 12.7. The molecule has 1 aliphatic rings. The highest BCUT2D eigenvalue weighted by atomic mass is 32.2. The quantitative estimate of drug-likeness (QED) is 0.717. The molecule has 1 saturated heterocycles. The summed E-state index contributed by atoms with van der Waals surface area (Å²) in [6.45, 7) is 5.42. The lowest BCUT2D eigenvalue weighted by molar-refractivity contribution is -0.274. The molecule has 0 bridgehead atoms. The maximum absolute atomic E-state index is 12.7. The molecule has 7 nitrogen and oxygen atoms in total. The lowest BCUT2D eigenvalue weighted by Crippen LogP contribution is -2.48. The zero-order chi connectivity index (χ0) is 20.5. The SMILES string of the molecule is CC(C)c1nsc(N2CCN(S(=O)(=O)c3ccc(OC(F)(F)F)cc3)CC2)n1. The van der Waals surface area contributed by atoms with E-state index in [-0.39, 0.29) is 23.9 Å². The highest BCUT2D eigenvalue weighted by Crippen LogP contribution is 2.27. The number of halogens is 3. The van der Waals surface area contributed by atoms with Crippen molar-refractivity contribution in [3.05, 3.63) is 30.1 Å². The Morgan fingerprint density at radius 3 is 2.21 bits per heavy atom. The predicted molar refractivity (Wildman–Crippen MR) is 98.1 cm³/mol. The number of alkyl halides is 3.